The molecule has 2 heterocycles. The minimum absolute atomic E-state index is 0.591. The van der Waals surface area contributed by atoms with E-state index in [1.807, 2.05) is 16.8 Å². The number of thiophene rings is 1. The molecule has 12 heavy (non-hydrogen) atoms. The van der Waals surface area contributed by atoms with Crippen molar-refractivity contribution in [1.29, 1.82) is 0 Å². The zero-order valence-corrected chi connectivity index (χ0v) is 7.12. The van der Waals surface area contributed by atoms with Gasteiger partial charge in [-0.25, -0.2) is 0 Å². The fourth-order valence-electron chi connectivity index (χ4n) is 1.04. The lowest BCUT2D eigenvalue weighted by Crippen LogP contribution is -1.94. The molecule has 0 aliphatic heterocycles. The van der Waals surface area contributed by atoms with Gasteiger partial charge in [-0.05, 0) is 34.5 Å². The lowest BCUT2D eigenvalue weighted by Gasteiger charge is -2.03. The van der Waals surface area contributed by atoms with Crippen LogP contribution in [-0.2, 0) is 0 Å². The van der Waals surface area contributed by atoms with E-state index >= 15 is 0 Å². The Labute approximate surface area is 74.1 Å². The molecule has 0 radical (unpaired) electrons. The number of furan rings is 1. The molecule has 2 rings (SSSR count). The molecule has 1 atom stereocenters. The van der Waals surface area contributed by atoms with E-state index in [1.165, 1.54) is 0 Å². The van der Waals surface area contributed by atoms with Crippen LogP contribution >= 0.6 is 11.3 Å². The Kier molecular flexibility index (Phi) is 1.98. The van der Waals surface area contributed by atoms with Crippen molar-refractivity contribution >= 4 is 11.3 Å². The molecule has 2 aromatic heterocycles. The number of hydrogen-bond acceptors (Lipinski definition) is 3. The lowest BCUT2D eigenvalue weighted by molar-refractivity contribution is 0.190. The maximum atomic E-state index is 9.68. The number of rotatable bonds is 2. The van der Waals surface area contributed by atoms with E-state index in [1.54, 1.807) is 29.7 Å². The largest absolute Gasteiger partial charge is 0.466 e. The van der Waals surface area contributed by atoms with E-state index in [0.717, 1.165) is 5.56 Å². The molecule has 0 aliphatic carbocycles. The Hall–Kier alpha value is -1.06. The molecule has 0 saturated heterocycles. The van der Waals surface area contributed by atoms with E-state index in [4.69, 9.17) is 4.42 Å². The monoisotopic (exact) mass is 180 g/mol. The van der Waals surface area contributed by atoms with Crippen molar-refractivity contribution in [3.8, 4) is 0 Å². The summed E-state index contributed by atoms with van der Waals surface area (Å²) in [7, 11) is 0. The maximum absolute atomic E-state index is 9.68. The molecule has 2 aromatic rings. The highest BCUT2D eigenvalue weighted by molar-refractivity contribution is 7.07. The van der Waals surface area contributed by atoms with Gasteiger partial charge in [0.25, 0.3) is 0 Å². The van der Waals surface area contributed by atoms with E-state index in [-0.39, 0.29) is 0 Å². The summed E-state index contributed by atoms with van der Waals surface area (Å²) in [5.74, 6) is 0.591. The first-order chi connectivity index (χ1) is 5.88. The first-order valence-electron chi connectivity index (χ1n) is 3.61. The molecule has 0 bridgehead atoms. The average Bonchev–Trinajstić information content (AvgIpc) is 2.77. The van der Waals surface area contributed by atoms with Crippen molar-refractivity contribution in [1.82, 2.24) is 0 Å². The van der Waals surface area contributed by atoms with Crippen molar-refractivity contribution in [2.24, 2.45) is 0 Å². The minimum atomic E-state index is -0.619. The topological polar surface area (TPSA) is 33.4 Å². The Bertz CT molecular complexity index is 289. The van der Waals surface area contributed by atoms with Crippen LogP contribution in [0.15, 0.2) is 39.6 Å². The summed E-state index contributed by atoms with van der Waals surface area (Å²) >= 11 is 1.56. The summed E-state index contributed by atoms with van der Waals surface area (Å²) in [6, 6.07) is 5.42. The summed E-state index contributed by atoms with van der Waals surface area (Å²) in [6.07, 6.45) is 0.941. The molecule has 3 heteroatoms. The summed E-state index contributed by atoms with van der Waals surface area (Å²) in [5, 5.41) is 13.5. The zero-order valence-electron chi connectivity index (χ0n) is 6.31. The van der Waals surface area contributed by atoms with Crippen molar-refractivity contribution in [2.75, 3.05) is 0 Å². The molecule has 0 aliphatic rings. The Morgan fingerprint density at radius 1 is 1.42 bits per heavy atom. The SMILES string of the molecule is O[C@H](c1ccsc1)c1ccco1. The van der Waals surface area contributed by atoms with Crippen LogP contribution in [-0.4, -0.2) is 5.11 Å². The van der Waals surface area contributed by atoms with Crippen molar-refractivity contribution in [3.63, 3.8) is 0 Å². The summed E-state index contributed by atoms with van der Waals surface area (Å²) in [5.41, 5.74) is 0.884. The van der Waals surface area contributed by atoms with E-state index in [2.05, 4.69) is 0 Å². The van der Waals surface area contributed by atoms with Gasteiger partial charge in [0.1, 0.15) is 11.9 Å². The highest BCUT2D eigenvalue weighted by atomic mass is 32.1. The van der Waals surface area contributed by atoms with Crippen LogP contribution < -0.4 is 0 Å². The predicted molar refractivity (Wildman–Crippen MR) is 47.1 cm³/mol. The molecule has 0 unspecified atom stereocenters. The van der Waals surface area contributed by atoms with Crippen molar-refractivity contribution in [2.45, 2.75) is 6.10 Å². The molecule has 1 N–H and O–H groups in total. The Morgan fingerprint density at radius 3 is 2.92 bits per heavy atom. The molecule has 0 amide bonds. The Morgan fingerprint density at radius 2 is 2.33 bits per heavy atom. The number of aliphatic hydroxyl groups is 1. The molecule has 62 valence electrons. The van der Waals surface area contributed by atoms with Gasteiger partial charge in [-0.15, -0.1) is 0 Å². The molecule has 0 aromatic carbocycles. The molecule has 0 saturated carbocycles. The van der Waals surface area contributed by atoms with Gasteiger partial charge in [-0.3, -0.25) is 0 Å². The summed E-state index contributed by atoms with van der Waals surface area (Å²) in [6.45, 7) is 0. The minimum Gasteiger partial charge on any atom is -0.466 e. The first-order valence-corrected chi connectivity index (χ1v) is 4.56. The molecular weight excluding hydrogens is 172 g/mol. The maximum Gasteiger partial charge on any atom is 0.137 e. The smallest absolute Gasteiger partial charge is 0.137 e. The highest BCUT2D eigenvalue weighted by Crippen LogP contribution is 2.23. The molecule has 0 fully saturated rings. The highest BCUT2D eigenvalue weighted by Gasteiger charge is 2.12. The predicted octanol–water partition coefficient (Wildman–Crippen LogP) is 2.42. The van der Waals surface area contributed by atoms with Gasteiger partial charge in [-0.1, -0.05) is 0 Å². The fourth-order valence-corrected chi connectivity index (χ4v) is 1.72. The van der Waals surface area contributed by atoms with E-state index in [9.17, 15) is 5.11 Å². The summed E-state index contributed by atoms with van der Waals surface area (Å²) < 4.78 is 5.07. The van der Waals surface area contributed by atoms with E-state index in [0.29, 0.717) is 5.76 Å². The van der Waals surface area contributed by atoms with Gasteiger partial charge in [0.15, 0.2) is 0 Å². The summed E-state index contributed by atoms with van der Waals surface area (Å²) in [4.78, 5) is 0. The van der Waals surface area contributed by atoms with Crippen LogP contribution in [0.1, 0.15) is 17.4 Å². The van der Waals surface area contributed by atoms with E-state index < -0.39 is 6.10 Å². The normalized spacial score (nSPS) is 13.1. The third kappa shape index (κ3) is 1.29. The first kappa shape index (κ1) is 7.58. The van der Waals surface area contributed by atoms with Gasteiger partial charge in [0.05, 0.1) is 6.26 Å². The number of hydrogen-bond donors (Lipinski definition) is 1. The lowest BCUT2D eigenvalue weighted by atomic mass is 10.1. The van der Waals surface area contributed by atoms with Crippen LogP contribution in [0.4, 0.5) is 0 Å². The zero-order chi connectivity index (χ0) is 8.39. The van der Waals surface area contributed by atoms with Gasteiger partial charge >= 0.3 is 0 Å². The van der Waals surface area contributed by atoms with Crippen LogP contribution in [0.2, 0.25) is 0 Å². The van der Waals surface area contributed by atoms with Crippen LogP contribution in [0, 0.1) is 0 Å². The van der Waals surface area contributed by atoms with Crippen LogP contribution in [0.5, 0.6) is 0 Å². The van der Waals surface area contributed by atoms with Gasteiger partial charge in [-0.2, -0.15) is 11.3 Å². The Balaban J connectivity index is 2.27. The third-order valence-corrected chi connectivity index (χ3v) is 2.37. The second-order valence-electron chi connectivity index (χ2n) is 2.47. The number of aliphatic hydroxyl groups excluding tert-OH is 1. The van der Waals surface area contributed by atoms with Gasteiger partial charge in [0, 0.05) is 0 Å². The molecule has 0 spiro atoms. The fraction of sp³-hybridized carbons (Fsp3) is 0.111. The molecular formula is C9H8O2S. The van der Waals surface area contributed by atoms with Crippen LogP contribution in [0.25, 0.3) is 0 Å². The van der Waals surface area contributed by atoms with Crippen molar-refractivity contribution < 1.29 is 9.52 Å². The molecule has 2 nitrogen and oxygen atoms in total. The third-order valence-electron chi connectivity index (χ3n) is 1.67. The second kappa shape index (κ2) is 3.13. The average molecular weight is 180 g/mol. The quantitative estimate of drug-likeness (QED) is 0.770. The van der Waals surface area contributed by atoms with Crippen LogP contribution in [0.3, 0.4) is 0 Å². The standard InChI is InChI=1S/C9H8O2S/c10-9(7-3-5-12-6-7)8-2-1-4-11-8/h1-6,9-10H/t9-/m1/s1. The van der Waals surface area contributed by atoms with Gasteiger partial charge < -0.3 is 9.52 Å². The van der Waals surface area contributed by atoms with Crippen molar-refractivity contribution in [3.05, 3.63) is 46.5 Å². The van der Waals surface area contributed by atoms with Gasteiger partial charge in [0.2, 0.25) is 0 Å². The second-order valence-corrected chi connectivity index (χ2v) is 3.25.